The fourth-order valence-corrected chi connectivity index (χ4v) is 3.67. The lowest BCUT2D eigenvalue weighted by molar-refractivity contribution is 0.243. The van der Waals surface area contributed by atoms with Crippen molar-refractivity contribution in [3.05, 3.63) is 52.1 Å². The second-order valence-corrected chi connectivity index (χ2v) is 7.09. The van der Waals surface area contributed by atoms with Gasteiger partial charge < -0.3 is 5.11 Å². The number of halogens is 1. The molecule has 0 aliphatic carbocycles. The van der Waals surface area contributed by atoms with Crippen molar-refractivity contribution in [1.82, 2.24) is 14.9 Å². The van der Waals surface area contributed by atoms with Gasteiger partial charge in [-0.25, -0.2) is 9.97 Å². The second-order valence-electron chi connectivity index (χ2n) is 6.69. The van der Waals surface area contributed by atoms with Gasteiger partial charge in [0.05, 0.1) is 11.4 Å². The Morgan fingerprint density at radius 1 is 1.20 bits per heavy atom. The zero-order valence-electron chi connectivity index (χ0n) is 14.1. The summed E-state index contributed by atoms with van der Waals surface area (Å²) in [5.41, 5.74) is 4.41. The number of phenolic OH excluding ortho intramolecular Hbond substituents is 1. The molecule has 1 N–H and O–H groups in total. The van der Waals surface area contributed by atoms with E-state index >= 15 is 0 Å². The predicted octanol–water partition coefficient (Wildman–Crippen LogP) is 3.37. The Kier molecular flexibility index (Phi) is 4.68. The molecule has 0 radical (unpaired) electrons. The van der Waals surface area contributed by atoms with Crippen molar-refractivity contribution in [3.63, 3.8) is 0 Å². The molecule has 6 heteroatoms. The topological polar surface area (TPSA) is 61.6 Å². The number of hydrogen-bond acceptors (Lipinski definition) is 5. The maximum absolute atomic E-state index is 9.48. The Morgan fingerprint density at radius 2 is 2.12 bits per heavy atom. The maximum atomic E-state index is 9.48. The fourth-order valence-electron chi connectivity index (χ4n) is 3.43. The Hall–Kier alpha value is -1.98. The smallest absolute Gasteiger partial charge is 0.173 e. The molecule has 25 heavy (non-hydrogen) atoms. The monoisotopic (exact) mass is 356 g/mol. The van der Waals surface area contributed by atoms with E-state index in [0.717, 1.165) is 61.8 Å². The molecule has 3 heterocycles. The van der Waals surface area contributed by atoms with Crippen LogP contribution in [0.3, 0.4) is 0 Å². The molecule has 4 rings (SSSR count). The molecule has 1 aromatic carbocycles. The van der Waals surface area contributed by atoms with Gasteiger partial charge in [0, 0.05) is 49.4 Å². The molecule has 1 aromatic heterocycles. The summed E-state index contributed by atoms with van der Waals surface area (Å²) in [7, 11) is 0. The summed E-state index contributed by atoms with van der Waals surface area (Å²) < 4.78 is 0. The molecule has 2 aliphatic heterocycles. The Morgan fingerprint density at radius 3 is 2.92 bits per heavy atom. The summed E-state index contributed by atoms with van der Waals surface area (Å²) in [4.78, 5) is 16.3. The van der Waals surface area contributed by atoms with Crippen LogP contribution < -0.4 is 0 Å². The third-order valence-corrected chi connectivity index (χ3v) is 5.18. The first kappa shape index (κ1) is 16.5. The number of aromatic nitrogens is 2. The SMILES string of the molecule is Oc1ccc(CN2CCc3nc(C4=NCCCC4)ncc3C2)c(Cl)c1. The van der Waals surface area contributed by atoms with Gasteiger partial charge in [0.1, 0.15) is 5.75 Å². The van der Waals surface area contributed by atoms with Crippen LogP contribution in [-0.4, -0.2) is 38.8 Å². The lowest BCUT2D eigenvalue weighted by Crippen LogP contribution is -2.31. The molecule has 130 valence electrons. The van der Waals surface area contributed by atoms with Crippen LogP contribution in [0, 0.1) is 0 Å². The van der Waals surface area contributed by atoms with E-state index in [1.807, 2.05) is 12.3 Å². The first-order valence-corrected chi connectivity index (χ1v) is 9.15. The van der Waals surface area contributed by atoms with Crippen molar-refractivity contribution >= 4 is 17.3 Å². The van der Waals surface area contributed by atoms with E-state index in [1.165, 1.54) is 18.4 Å². The predicted molar refractivity (Wildman–Crippen MR) is 98.2 cm³/mol. The van der Waals surface area contributed by atoms with Crippen molar-refractivity contribution in [2.45, 2.75) is 38.8 Å². The highest BCUT2D eigenvalue weighted by atomic mass is 35.5. The number of benzene rings is 1. The summed E-state index contributed by atoms with van der Waals surface area (Å²) in [6.45, 7) is 3.41. The van der Waals surface area contributed by atoms with Crippen LogP contribution in [-0.2, 0) is 19.5 Å². The molecule has 0 spiro atoms. The number of rotatable bonds is 3. The molecular formula is C19H21ClN4O. The molecule has 5 nitrogen and oxygen atoms in total. The van der Waals surface area contributed by atoms with Crippen LogP contribution in [0.4, 0.5) is 0 Å². The van der Waals surface area contributed by atoms with Crippen LogP contribution in [0.5, 0.6) is 5.75 Å². The number of aliphatic imine (C=N–C) groups is 1. The molecular weight excluding hydrogens is 336 g/mol. The van der Waals surface area contributed by atoms with E-state index in [-0.39, 0.29) is 5.75 Å². The average Bonchev–Trinajstić information content (AvgIpc) is 2.64. The lowest BCUT2D eigenvalue weighted by Gasteiger charge is -2.28. The van der Waals surface area contributed by atoms with Crippen LogP contribution in [0.2, 0.25) is 5.02 Å². The zero-order chi connectivity index (χ0) is 17.2. The highest BCUT2D eigenvalue weighted by molar-refractivity contribution is 6.31. The standard InChI is InChI=1S/C19H21ClN4O/c20-16-9-15(25)5-4-13(16)11-24-8-6-17-14(12-24)10-22-19(23-17)18-3-1-2-7-21-18/h4-5,9-10,25H,1-3,6-8,11-12H2. The van der Waals surface area contributed by atoms with Gasteiger partial charge in [0.25, 0.3) is 0 Å². The normalized spacial score (nSPS) is 17.9. The number of hydrogen-bond donors (Lipinski definition) is 1. The van der Waals surface area contributed by atoms with E-state index < -0.39 is 0 Å². The summed E-state index contributed by atoms with van der Waals surface area (Å²) in [6.07, 6.45) is 6.21. The molecule has 2 aromatic rings. The molecule has 0 bridgehead atoms. The lowest BCUT2D eigenvalue weighted by atomic mass is 10.0. The first-order chi connectivity index (χ1) is 12.2. The number of phenols is 1. The van der Waals surface area contributed by atoms with E-state index in [4.69, 9.17) is 16.6 Å². The summed E-state index contributed by atoms with van der Waals surface area (Å²) >= 11 is 6.23. The van der Waals surface area contributed by atoms with Gasteiger partial charge in [-0.15, -0.1) is 0 Å². The van der Waals surface area contributed by atoms with E-state index in [1.54, 1.807) is 12.1 Å². The van der Waals surface area contributed by atoms with Gasteiger partial charge >= 0.3 is 0 Å². The second kappa shape index (κ2) is 7.10. The van der Waals surface area contributed by atoms with Gasteiger partial charge in [-0.2, -0.15) is 0 Å². The minimum Gasteiger partial charge on any atom is -0.508 e. The third-order valence-electron chi connectivity index (χ3n) is 4.83. The van der Waals surface area contributed by atoms with Crippen molar-refractivity contribution in [2.75, 3.05) is 13.1 Å². The molecule has 0 atom stereocenters. The molecule has 0 saturated carbocycles. The van der Waals surface area contributed by atoms with E-state index in [9.17, 15) is 5.11 Å². The Labute approximate surface area is 152 Å². The Bertz CT molecular complexity index is 821. The van der Waals surface area contributed by atoms with Gasteiger partial charge in [-0.1, -0.05) is 17.7 Å². The molecule has 0 unspecified atom stereocenters. The van der Waals surface area contributed by atoms with Gasteiger partial charge in [0.15, 0.2) is 5.82 Å². The van der Waals surface area contributed by atoms with E-state index in [0.29, 0.717) is 5.02 Å². The maximum Gasteiger partial charge on any atom is 0.173 e. The molecule has 2 aliphatic rings. The third kappa shape index (κ3) is 3.67. The number of aromatic hydroxyl groups is 1. The fraction of sp³-hybridized carbons (Fsp3) is 0.421. The summed E-state index contributed by atoms with van der Waals surface area (Å²) in [5.74, 6) is 1.01. The quantitative estimate of drug-likeness (QED) is 0.915. The number of nitrogens with zero attached hydrogens (tertiary/aromatic N) is 4. The zero-order valence-corrected chi connectivity index (χ0v) is 14.8. The van der Waals surface area contributed by atoms with Crippen LogP contribution in [0.15, 0.2) is 29.4 Å². The van der Waals surface area contributed by atoms with Crippen molar-refractivity contribution in [2.24, 2.45) is 4.99 Å². The van der Waals surface area contributed by atoms with Crippen molar-refractivity contribution in [3.8, 4) is 5.75 Å². The van der Waals surface area contributed by atoms with Gasteiger partial charge in [-0.05, 0) is 37.0 Å². The largest absolute Gasteiger partial charge is 0.508 e. The van der Waals surface area contributed by atoms with E-state index in [2.05, 4.69) is 14.9 Å². The Balaban J connectivity index is 1.49. The highest BCUT2D eigenvalue weighted by Gasteiger charge is 2.21. The number of fused-ring (bicyclic) bond motifs is 1. The van der Waals surface area contributed by atoms with Crippen LogP contribution in [0.25, 0.3) is 0 Å². The van der Waals surface area contributed by atoms with Gasteiger partial charge in [0.2, 0.25) is 0 Å². The molecule has 0 saturated heterocycles. The highest BCUT2D eigenvalue weighted by Crippen LogP contribution is 2.25. The van der Waals surface area contributed by atoms with Crippen molar-refractivity contribution < 1.29 is 5.11 Å². The summed E-state index contributed by atoms with van der Waals surface area (Å²) in [5, 5.41) is 10.1. The summed E-state index contributed by atoms with van der Waals surface area (Å²) in [6, 6.07) is 5.16. The van der Waals surface area contributed by atoms with Crippen molar-refractivity contribution in [1.29, 1.82) is 0 Å². The molecule has 0 fully saturated rings. The molecule has 0 amide bonds. The van der Waals surface area contributed by atoms with Crippen LogP contribution >= 0.6 is 11.6 Å². The van der Waals surface area contributed by atoms with Crippen LogP contribution in [0.1, 0.15) is 41.9 Å². The average molecular weight is 357 g/mol. The first-order valence-electron chi connectivity index (χ1n) is 8.77. The minimum atomic E-state index is 0.198. The minimum absolute atomic E-state index is 0.198. The van der Waals surface area contributed by atoms with Gasteiger partial charge in [-0.3, -0.25) is 9.89 Å².